The molecule has 2 aliphatic carbocycles. The van der Waals surface area contributed by atoms with Crippen molar-refractivity contribution in [3.8, 4) is 0 Å². The van der Waals surface area contributed by atoms with E-state index in [0.717, 1.165) is 57.2 Å². The first kappa shape index (κ1) is 28.5. The van der Waals surface area contributed by atoms with E-state index in [1.807, 2.05) is 4.90 Å². The van der Waals surface area contributed by atoms with Gasteiger partial charge < -0.3 is 10.2 Å². The van der Waals surface area contributed by atoms with Crippen LogP contribution in [0.15, 0.2) is 18.2 Å². The first-order chi connectivity index (χ1) is 18.5. The number of rotatable bonds is 7. The van der Waals surface area contributed by atoms with Crippen LogP contribution in [0.4, 0.5) is 8.78 Å². The van der Waals surface area contributed by atoms with Crippen molar-refractivity contribution in [1.29, 1.82) is 0 Å². The van der Waals surface area contributed by atoms with Crippen molar-refractivity contribution in [2.24, 2.45) is 23.7 Å². The minimum atomic E-state index is -0.588. The second kappa shape index (κ2) is 11.1. The molecule has 216 valence electrons. The van der Waals surface area contributed by atoms with Crippen molar-refractivity contribution in [2.45, 2.75) is 102 Å². The number of halogens is 2. The Bertz CT molecular complexity index is 1050. The molecule has 2 heterocycles. The Morgan fingerprint density at radius 3 is 2.23 bits per heavy atom. The maximum absolute atomic E-state index is 14.9. The summed E-state index contributed by atoms with van der Waals surface area (Å²) in [6.07, 6.45) is 10.4. The van der Waals surface area contributed by atoms with Gasteiger partial charge in [-0.25, -0.2) is 8.78 Å². The Balaban J connectivity index is 1.28. The molecule has 3 atom stereocenters. The predicted octanol–water partition coefficient (Wildman–Crippen LogP) is 5.88. The van der Waals surface area contributed by atoms with Gasteiger partial charge in [0, 0.05) is 56.2 Å². The summed E-state index contributed by atoms with van der Waals surface area (Å²) < 4.78 is 28.6. The van der Waals surface area contributed by atoms with Crippen molar-refractivity contribution in [2.75, 3.05) is 26.2 Å². The lowest BCUT2D eigenvalue weighted by atomic mass is 9.72. The largest absolute Gasteiger partial charge is 0.351 e. The topological polar surface area (TPSA) is 52.7 Å². The lowest BCUT2D eigenvalue weighted by Crippen LogP contribution is -2.47. The van der Waals surface area contributed by atoms with E-state index in [1.54, 1.807) is 6.92 Å². The molecular weight excluding hydrogens is 496 g/mol. The smallest absolute Gasteiger partial charge is 0.227 e. The van der Waals surface area contributed by atoms with E-state index < -0.39 is 11.6 Å². The average Bonchev–Trinajstić information content (AvgIpc) is 3.24. The predicted molar refractivity (Wildman–Crippen MR) is 149 cm³/mol. The molecule has 2 saturated heterocycles. The Hall–Kier alpha value is -2.02. The molecule has 5 rings (SSSR count). The van der Waals surface area contributed by atoms with Crippen LogP contribution in [0.25, 0.3) is 0 Å². The summed E-state index contributed by atoms with van der Waals surface area (Å²) in [5, 5.41) is 3.27. The maximum Gasteiger partial charge on any atom is 0.227 e. The van der Waals surface area contributed by atoms with Gasteiger partial charge in [-0.15, -0.1) is 0 Å². The summed E-state index contributed by atoms with van der Waals surface area (Å²) in [6, 6.07) is 3.78. The zero-order valence-electron chi connectivity index (χ0n) is 24.3. The molecule has 2 amide bonds. The molecule has 0 radical (unpaired) electrons. The molecule has 7 heteroatoms. The SMILES string of the molecule is CC(=O)NC1(CC(C2CCCC2)C2CCN(C(=O)[C@@H]3CN(C(C)(C)C)C[C@H]3c3ccc(F)cc3F)CC2)CC1. The number of nitrogens with zero attached hydrogens (tertiary/aromatic N) is 2. The van der Waals surface area contributed by atoms with E-state index in [2.05, 4.69) is 31.0 Å². The molecule has 0 spiro atoms. The van der Waals surface area contributed by atoms with Crippen LogP contribution in [-0.2, 0) is 9.59 Å². The normalized spacial score (nSPS) is 27.1. The number of hydrogen-bond donors (Lipinski definition) is 1. The Labute approximate surface area is 233 Å². The van der Waals surface area contributed by atoms with Crippen LogP contribution in [0.3, 0.4) is 0 Å². The van der Waals surface area contributed by atoms with Gasteiger partial charge in [0.05, 0.1) is 5.92 Å². The van der Waals surface area contributed by atoms with Gasteiger partial charge in [0.1, 0.15) is 11.6 Å². The Morgan fingerprint density at radius 1 is 1.03 bits per heavy atom. The van der Waals surface area contributed by atoms with Gasteiger partial charge >= 0.3 is 0 Å². The highest BCUT2D eigenvalue weighted by atomic mass is 19.1. The second-order valence-electron chi connectivity index (χ2n) is 14.0. The fourth-order valence-corrected chi connectivity index (χ4v) is 7.96. The molecule has 39 heavy (non-hydrogen) atoms. The van der Waals surface area contributed by atoms with Crippen LogP contribution in [0, 0.1) is 35.3 Å². The number of nitrogens with one attached hydrogen (secondary N) is 1. The van der Waals surface area contributed by atoms with Crippen LogP contribution in [0.1, 0.15) is 97.0 Å². The highest BCUT2D eigenvalue weighted by Crippen LogP contribution is 2.49. The third kappa shape index (κ3) is 6.34. The summed E-state index contributed by atoms with van der Waals surface area (Å²) >= 11 is 0. The van der Waals surface area contributed by atoms with Gasteiger partial charge in [0.25, 0.3) is 0 Å². The zero-order valence-corrected chi connectivity index (χ0v) is 24.3. The van der Waals surface area contributed by atoms with E-state index in [-0.39, 0.29) is 34.7 Å². The molecule has 4 fully saturated rings. The number of hydrogen-bond acceptors (Lipinski definition) is 3. The third-order valence-corrected chi connectivity index (χ3v) is 10.3. The van der Waals surface area contributed by atoms with Crippen molar-refractivity contribution >= 4 is 11.8 Å². The van der Waals surface area contributed by atoms with Crippen molar-refractivity contribution in [3.05, 3.63) is 35.4 Å². The van der Waals surface area contributed by atoms with Crippen molar-refractivity contribution in [1.82, 2.24) is 15.1 Å². The van der Waals surface area contributed by atoms with E-state index in [4.69, 9.17) is 0 Å². The summed E-state index contributed by atoms with van der Waals surface area (Å²) in [5.41, 5.74) is 0.307. The number of carbonyl (C=O) groups excluding carboxylic acids is 2. The molecule has 1 aromatic carbocycles. The van der Waals surface area contributed by atoms with E-state index in [9.17, 15) is 18.4 Å². The molecule has 0 aromatic heterocycles. The molecule has 2 saturated carbocycles. The van der Waals surface area contributed by atoms with Crippen LogP contribution in [0.2, 0.25) is 0 Å². The van der Waals surface area contributed by atoms with Crippen LogP contribution in [-0.4, -0.2) is 58.9 Å². The molecule has 1 unspecified atom stereocenters. The molecule has 5 nitrogen and oxygen atoms in total. The minimum absolute atomic E-state index is 0.00123. The molecule has 1 aromatic rings. The molecular formula is C32H47F2N3O2. The van der Waals surface area contributed by atoms with E-state index >= 15 is 0 Å². The molecule has 2 aliphatic heterocycles. The average molecular weight is 544 g/mol. The highest BCUT2D eigenvalue weighted by molar-refractivity contribution is 5.81. The molecule has 1 N–H and O–H groups in total. The number of amides is 2. The van der Waals surface area contributed by atoms with Crippen molar-refractivity contribution < 1.29 is 18.4 Å². The zero-order chi connectivity index (χ0) is 27.9. The standard InChI is InChI=1S/C32H47F2N3O2/c1-21(38)35-32(13-14-32)18-26(22-7-5-6-8-22)23-11-15-36(16-12-23)30(39)28-20-37(31(2,3)4)19-27(28)25-10-9-24(33)17-29(25)34/h9-10,17,22-23,26-28H,5-8,11-16,18-20H2,1-4H3,(H,35,38)/t26?,27-,28+/m0/s1. The fraction of sp³-hybridized carbons (Fsp3) is 0.750. The highest BCUT2D eigenvalue weighted by Gasteiger charge is 2.49. The third-order valence-electron chi connectivity index (χ3n) is 10.3. The van der Waals surface area contributed by atoms with Gasteiger partial charge in [0.2, 0.25) is 11.8 Å². The van der Waals surface area contributed by atoms with E-state index in [0.29, 0.717) is 30.5 Å². The fourth-order valence-electron chi connectivity index (χ4n) is 7.96. The van der Waals surface area contributed by atoms with E-state index in [1.165, 1.54) is 37.8 Å². The van der Waals surface area contributed by atoms with Gasteiger partial charge in [-0.05, 0) is 82.3 Å². The molecule has 4 aliphatic rings. The first-order valence-corrected chi connectivity index (χ1v) is 15.2. The van der Waals surface area contributed by atoms with Gasteiger partial charge in [-0.1, -0.05) is 31.7 Å². The lowest BCUT2D eigenvalue weighted by molar-refractivity contribution is -0.137. The first-order valence-electron chi connectivity index (χ1n) is 15.2. The number of carbonyl (C=O) groups is 2. The van der Waals surface area contributed by atoms with Crippen LogP contribution < -0.4 is 5.32 Å². The number of likely N-dealkylation sites (tertiary alicyclic amines) is 2. The Morgan fingerprint density at radius 2 is 1.67 bits per heavy atom. The summed E-state index contributed by atoms with van der Waals surface area (Å²) in [4.78, 5) is 30.1. The minimum Gasteiger partial charge on any atom is -0.351 e. The lowest BCUT2D eigenvalue weighted by Gasteiger charge is -2.41. The number of benzene rings is 1. The van der Waals surface area contributed by atoms with Gasteiger partial charge in [-0.2, -0.15) is 0 Å². The summed E-state index contributed by atoms with van der Waals surface area (Å²) in [7, 11) is 0. The maximum atomic E-state index is 14.9. The summed E-state index contributed by atoms with van der Waals surface area (Å²) in [5.74, 6) is 0.329. The van der Waals surface area contributed by atoms with Gasteiger partial charge in [-0.3, -0.25) is 14.5 Å². The van der Waals surface area contributed by atoms with Crippen LogP contribution >= 0.6 is 0 Å². The number of piperidine rings is 1. The summed E-state index contributed by atoms with van der Waals surface area (Å²) in [6.45, 7) is 10.7. The van der Waals surface area contributed by atoms with Crippen LogP contribution in [0.5, 0.6) is 0 Å². The molecule has 0 bridgehead atoms. The van der Waals surface area contributed by atoms with Crippen molar-refractivity contribution in [3.63, 3.8) is 0 Å². The Kier molecular flexibility index (Phi) is 8.11. The van der Waals surface area contributed by atoms with Gasteiger partial charge in [0.15, 0.2) is 0 Å². The second-order valence-corrected chi connectivity index (χ2v) is 14.0. The quantitative estimate of drug-likeness (QED) is 0.467. The monoisotopic (exact) mass is 543 g/mol.